The summed E-state index contributed by atoms with van der Waals surface area (Å²) < 4.78 is 1.23. The lowest BCUT2D eigenvalue weighted by Gasteiger charge is -2.52. The first-order valence-corrected chi connectivity index (χ1v) is 8.76. The van der Waals surface area contributed by atoms with E-state index in [-0.39, 0.29) is 11.1 Å². The second kappa shape index (κ2) is 5.84. The van der Waals surface area contributed by atoms with Gasteiger partial charge in [-0.1, -0.05) is 13.8 Å². The van der Waals surface area contributed by atoms with Crippen LogP contribution in [0.25, 0.3) is 0 Å². The van der Waals surface area contributed by atoms with Gasteiger partial charge in [-0.05, 0) is 54.8 Å². The van der Waals surface area contributed by atoms with Crippen molar-refractivity contribution in [1.29, 1.82) is 0 Å². The first-order chi connectivity index (χ1) is 8.91. The molecular formula is C15H25BrN2S. The van der Waals surface area contributed by atoms with E-state index in [2.05, 4.69) is 66.0 Å². The van der Waals surface area contributed by atoms with Crippen molar-refractivity contribution in [2.24, 2.45) is 0 Å². The molecule has 1 aliphatic heterocycles. The molecule has 0 spiro atoms. The van der Waals surface area contributed by atoms with Crippen LogP contribution in [0.5, 0.6) is 0 Å². The van der Waals surface area contributed by atoms with Gasteiger partial charge in [0.1, 0.15) is 0 Å². The van der Waals surface area contributed by atoms with Crippen molar-refractivity contribution >= 4 is 27.3 Å². The van der Waals surface area contributed by atoms with E-state index < -0.39 is 0 Å². The van der Waals surface area contributed by atoms with Crippen LogP contribution in [0.15, 0.2) is 15.9 Å². The van der Waals surface area contributed by atoms with Gasteiger partial charge in [-0.15, -0.1) is 11.3 Å². The van der Waals surface area contributed by atoms with Crippen molar-refractivity contribution in [1.82, 2.24) is 10.2 Å². The minimum absolute atomic E-state index is 0.253. The molecule has 19 heavy (non-hydrogen) atoms. The fourth-order valence-electron chi connectivity index (χ4n) is 2.64. The molecule has 4 heteroatoms. The van der Waals surface area contributed by atoms with Crippen LogP contribution in [0, 0.1) is 0 Å². The molecule has 1 N–H and O–H groups in total. The minimum Gasteiger partial charge on any atom is -0.308 e. The predicted molar refractivity (Wildman–Crippen MR) is 87.8 cm³/mol. The Kier molecular flexibility index (Phi) is 4.76. The summed E-state index contributed by atoms with van der Waals surface area (Å²) in [5.74, 6) is 0. The SMILES string of the molecule is CCC1(C)CN(Cc2ccc(Br)s2)C(C)(CC)CN1. The molecule has 0 amide bonds. The van der Waals surface area contributed by atoms with E-state index in [1.54, 1.807) is 0 Å². The van der Waals surface area contributed by atoms with E-state index in [0.717, 1.165) is 19.6 Å². The van der Waals surface area contributed by atoms with Crippen molar-refractivity contribution < 1.29 is 0 Å². The molecule has 1 fully saturated rings. The second-order valence-electron chi connectivity index (χ2n) is 6.18. The Morgan fingerprint density at radius 3 is 2.58 bits per heavy atom. The largest absolute Gasteiger partial charge is 0.308 e. The quantitative estimate of drug-likeness (QED) is 0.877. The third-order valence-electron chi connectivity index (χ3n) is 4.72. The second-order valence-corrected chi connectivity index (χ2v) is 8.73. The Hall–Kier alpha value is 0.1000. The van der Waals surface area contributed by atoms with Gasteiger partial charge in [0.25, 0.3) is 0 Å². The standard InChI is InChI=1S/C15H25BrN2S/c1-5-14(3)11-18(15(4,6-2)10-17-14)9-12-7-8-13(16)19-12/h7-8,17H,5-6,9-11H2,1-4H3. The number of hydrogen-bond donors (Lipinski definition) is 1. The van der Waals surface area contributed by atoms with Crippen LogP contribution in [0.1, 0.15) is 45.4 Å². The van der Waals surface area contributed by atoms with Crippen molar-refractivity contribution in [2.45, 2.75) is 58.2 Å². The third kappa shape index (κ3) is 3.41. The molecule has 0 saturated carbocycles. The third-order valence-corrected chi connectivity index (χ3v) is 6.33. The van der Waals surface area contributed by atoms with Crippen molar-refractivity contribution in [3.05, 3.63) is 20.8 Å². The molecule has 0 bridgehead atoms. The molecule has 1 saturated heterocycles. The zero-order valence-electron chi connectivity index (χ0n) is 12.4. The smallest absolute Gasteiger partial charge is 0.0701 e. The van der Waals surface area contributed by atoms with E-state index in [4.69, 9.17) is 0 Å². The fourth-order valence-corrected chi connectivity index (χ4v) is 4.14. The van der Waals surface area contributed by atoms with Crippen LogP contribution in [0.4, 0.5) is 0 Å². The van der Waals surface area contributed by atoms with Crippen LogP contribution < -0.4 is 5.32 Å². The maximum atomic E-state index is 3.76. The van der Waals surface area contributed by atoms with Gasteiger partial charge in [-0.25, -0.2) is 0 Å². The van der Waals surface area contributed by atoms with Crippen molar-refractivity contribution in [2.75, 3.05) is 13.1 Å². The summed E-state index contributed by atoms with van der Waals surface area (Å²) in [5, 5.41) is 3.76. The first kappa shape index (κ1) is 15.5. The number of piperazine rings is 1. The highest BCUT2D eigenvalue weighted by Crippen LogP contribution is 2.32. The summed E-state index contributed by atoms with van der Waals surface area (Å²) in [4.78, 5) is 4.12. The predicted octanol–water partition coefficient (Wildman–Crippen LogP) is 4.25. The Morgan fingerprint density at radius 1 is 1.32 bits per heavy atom. The van der Waals surface area contributed by atoms with E-state index in [1.165, 1.54) is 21.5 Å². The van der Waals surface area contributed by atoms with Crippen molar-refractivity contribution in [3.8, 4) is 0 Å². The Labute approximate surface area is 129 Å². The van der Waals surface area contributed by atoms with Crippen LogP contribution in [0.3, 0.4) is 0 Å². The van der Waals surface area contributed by atoms with Crippen LogP contribution in [-0.4, -0.2) is 29.1 Å². The lowest BCUT2D eigenvalue weighted by Crippen LogP contribution is -2.67. The van der Waals surface area contributed by atoms with Crippen LogP contribution >= 0.6 is 27.3 Å². The van der Waals surface area contributed by atoms with Gasteiger partial charge in [0.05, 0.1) is 3.79 Å². The Morgan fingerprint density at radius 2 is 2.05 bits per heavy atom. The zero-order chi connectivity index (χ0) is 14.1. The number of nitrogens with zero attached hydrogens (tertiary/aromatic N) is 1. The molecule has 2 unspecified atom stereocenters. The molecule has 108 valence electrons. The molecule has 2 heterocycles. The molecule has 1 aromatic rings. The molecular weight excluding hydrogens is 320 g/mol. The van der Waals surface area contributed by atoms with E-state index in [9.17, 15) is 0 Å². The molecule has 0 aliphatic carbocycles. The summed E-state index contributed by atoms with van der Waals surface area (Å²) >= 11 is 5.42. The molecule has 2 rings (SSSR count). The summed E-state index contributed by atoms with van der Waals surface area (Å²) in [6.45, 7) is 12.6. The van der Waals surface area contributed by atoms with Crippen LogP contribution in [-0.2, 0) is 6.54 Å². The number of halogens is 1. The Balaban J connectivity index is 2.16. The summed E-state index contributed by atoms with van der Waals surface area (Å²) in [7, 11) is 0. The lowest BCUT2D eigenvalue weighted by atomic mass is 9.85. The molecule has 2 atom stereocenters. The average Bonchev–Trinajstić information content (AvgIpc) is 2.80. The fraction of sp³-hybridized carbons (Fsp3) is 0.733. The van der Waals surface area contributed by atoms with Crippen LogP contribution in [0.2, 0.25) is 0 Å². The number of hydrogen-bond acceptors (Lipinski definition) is 3. The summed E-state index contributed by atoms with van der Waals surface area (Å²) in [5.41, 5.74) is 0.522. The van der Waals surface area contributed by atoms with Crippen molar-refractivity contribution in [3.63, 3.8) is 0 Å². The maximum absolute atomic E-state index is 3.76. The molecule has 2 nitrogen and oxygen atoms in total. The summed E-state index contributed by atoms with van der Waals surface area (Å²) in [6.07, 6.45) is 2.36. The highest BCUT2D eigenvalue weighted by molar-refractivity contribution is 9.11. The van der Waals surface area contributed by atoms with Gasteiger partial charge in [0, 0.05) is 35.6 Å². The van der Waals surface area contributed by atoms with Gasteiger partial charge in [0.15, 0.2) is 0 Å². The maximum Gasteiger partial charge on any atom is 0.0701 e. The lowest BCUT2D eigenvalue weighted by molar-refractivity contribution is 0.0112. The monoisotopic (exact) mass is 344 g/mol. The normalized spacial score (nSPS) is 32.7. The van der Waals surface area contributed by atoms with Gasteiger partial charge in [-0.3, -0.25) is 4.90 Å². The van der Waals surface area contributed by atoms with Gasteiger partial charge in [0.2, 0.25) is 0 Å². The topological polar surface area (TPSA) is 15.3 Å². The minimum atomic E-state index is 0.253. The highest BCUT2D eigenvalue weighted by Gasteiger charge is 2.40. The number of rotatable bonds is 4. The van der Waals surface area contributed by atoms with Gasteiger partial charge < -0.3 is 5.32 Å². The summed E-state index contributed by atoms with van der Waals surface area (Å²) in [6, 6.07) is 4.40. The van der Waals surface area contributed by atoms with E-state index in [1.807, 2.05) is 11.3 Å². The number of thiophene rings is 1. The molecule has 0 radical (unpaired) electrons. The zero-order valence-corrected chi connectivity index (χ0v) is 14.8. The Bertz CT molecular complexity index is 434. The molecule has 1 aliphatic rings. The van der Waals surface area contributed by atoms with E-state index >= 15 is 0 Å². The first-order valence-electron chi connectivity index (χ1n) is 7.15. The number of nitrogens with one attached hydrogen (secondary N) is 1. The average molecular weight is 345 g/mol. The molecule has 1 aromatic heterocycles. The van der Waals surface area contributed by atoms with Gasteiger partial charge >= 0.3 is 0 Å². The highest BCUT2D eigenvalue weighted by atomic mass is 79.9. The van der Waals surface area contributed by atoms with Gasteiger partial charge in [-0.2, -0.15) is 0 Å². The molecule has 0 aromatic carbocycles. The van der Waals surface area contributed by atoms with E-state index in [0.29, 0.717) is 0 Å².